The van der Waals surface area contributed by atoms with Crippen LogP contribution in [-0.2, 0) is 5.41 Å². The van der Waals surface area contributed by atoms with Gasteiger partial charge in [-0.3, -0.25) is 9.59 Å². The van der Waals surface area contributed by atoms with E-state index in [2.05, 4.69) is 15.5 Å². The van der Waals surface area contributed by atoms with Crippen LogP contribution in [0.25, 0.3) is 33.4 Å². The van der Waals surface area contributed by atoms with Crippen LogP contribution < -0.4 is 10.1 Å². The molecule has 2 aromatic heterocycles. The maximum absolute atomic E-state index is 13.6. The molecule has 10 heteroatoms. The Hall–Kier alpha value is -4.83. The van der Waals surface area contributed by atoms with Crippen molar-refractivity contribution in [2.24, 2.45) is 0 Å². The number of rotatable bonds is 9. The number of aromatic nitrogens is 2. The number of nitrogens with zero attached hydrogens (tertiary/aromatic N) is 2. The third kappa shape index (κ3) is 4.83. The standard InChI is InChI=1S/C32H28FN3O6/c1-3-40-26-13-27-24(28(30(39)34-2)29(42-27)18-7-9-21(33)10-8-18)12-23(26)19-5-4-6-20(11-19)25(38)16-32(14-22(37)15-32)31-35-17-41-36-31/h4-13,17,22,37H,3,14-16H2,1-2H3,(H,34,39). The number of carbonyl (C=O) groups excluding carboxylic acids is 2. The molecule has 1 aliphatic carbocycles. The molecule has 1 saturated carbocycles. The van der Waals surface area contributed by atoms with Gasteiger partial charge < -0.3 is 24.1 Å². The molecule has 0 radical (unpaired) electrons. The average molecular weight is 570 g/mol. The summed E-state index contributed by atoms with van der Waals surface area (Å²) in [7, 11) is 1.53. The number of benzene rings is 3. The maximum Gasteiger partial charge on any atom is 0.255 e. The van der Waals surface area contributed by atoms with Crippen LogP contribution in [-0.4, -0.2) is 46.7 Å². The number of hydrogen-bond acceptors (Lipinski definition) is 8. The topological polar surface area (TPSA) is 128 Å². The number of carbonyl (C=O) groups is 2. The summed E-state index contributed by atoms with van der Waals surface area (Å²) in [5, 5.41) is 17.2. The van der Waals surface area contributed by atoms with Crippen molar-refractivity contribution >= 4 is 22.7 Å². The second-order valence-corrected chi connectivity index (χ2v) is 10.4. The Morgan fingerprint density at radius 1 is 1.12 bits per heavy atom. The molecule has 0 saturated heterocycles. The third-order valence-corrected chi connectivity index (χ3v) is 7.73. The van der Waals surface area contributed by atoms with Crippen molar-refractivity contribution in [3.63, 3.8) is 0 Å². The Bertz CT molecular complexity index is 1770. The number of ether oxygens (including phenoxy) is 1. The van der Waals surface area contributed by atoms with Crippen LogP contribution in [0.5, 0.6) is 5.75 Å². The molecule has 0 bridgehead atoms. The van der Waals surface area contributed by atoms with E-state index < -0.39 is 17.3 Å². The minimum atomic E-state index is -0.676. The normalized spacial score (nSPS) is 18.0. The smallest absolute Gasteiger partial charge is 0.255 e. The second-order valence-electron chi connectivity index (χ2n) is 10.4. The van der Waals surface area contributed by atoms with Crippen LogP contribution in [0.1, 0.15) is 52.7 Å². The minimum Gasteiger partial charge on any atom is -0.493 e. The van der Waals surface area contributed by atoms with Crippen molar-refractivity contribution in [2.45, 2.75) is 37.7 Å². The third-order valence-electron chi connectivity index (χ3n) is 7.73. The Morgan fingerprint density at radius 3 is 2.57 bits per heavy atom. The fourth-order valence-electron chi connectivity index (χ4n) is 5.70. The SMILES string of the molecule is CCOc1cc2oc(-c3ccc(F)cc3)c(C(=O)NC)c2cc1-c1cccc(C(=O)CC2(c3ncon3)CC(O)C2)c1. The molecular formula is C32H28FN3O6. The molecule has 3 aromatic carbocycles. The number of fused-ring (bicyclic) bond motifs is 1. The van der Waals surface area contributed by atoms with Crippen molar-refractivity contribution in [1.29, 1.82) is 0 Å². The Kier molecular flexibility index (Phi) is 7.07. The monoisotopic (exact) mass is 569 g/mol. The van der Waals surface area contributed by atoms with Crippen molar-refractivity contribution in [1.82, 2.24) is 15.5 Å². The van der Waals surface area contributed by atoms with Gasteiger partial charge in [-0.1, -0.05) is 23.4 Å². The first-order valence-corrected chi connectivity index (χ1v) is 13.6. The van der Waals surface area contributed by atoms with Crippen LogP contribution in [0.15, 0.2) is 76.0 Å². The summed E-state index contributed by atoms with van der Waals surface area (Å²) < 4.78 is 30.7. The van der Waals surface area contributed by atoms with Crippen LogP contribution in [0.3, 0.4) is 0 Å². The van der Waals surface area contributed by atoms with E-state index in [1.54, 1.807) is 36.4 Å². The summed E-state index contributed by atoms with van der Waals surface area (Å²) in [5.41, 5.74) is 2.47. The van der Waals surface area contributed by atoms with Gasteiger partial charge >= 0.3 is 0 Å². The van der Waals surface area contributed by atoms with Crippen LogP contribution in [0.2, 0.25) is 0 Å². The van der Waals surface area contributed by atoms with Crippen LogP contribution in [0, 0.1) is 5.82 Å². The highest BCUT2D eigenvalue weighted by Crippen LogP contribution is 2.46. The first-order valence-electron chi connectivity index (χ1n) is 13.6. The van der Waals surface area contributed by atoms with E-state index in [1.807, 2.05) is 19.1 Å². The van der Waals surface area contributed by atoms with Gasteiger partial charge in [0.2, 0.25) is 6.39 Å². The minimum absolute atomic E-state index is 0.119. The molecule has 1 aliphatic rings. The van der Waals surface area contributed by atoms with Gasteiger partial charge in [0, 0.05) is 47.0 Å². The van der Waals surface area contributed by atoms with Crippen molar-refractivity contribution in [3.05, 3.63) is 89.8 Å². The number of ketones is 1. The van der Waals surface area contributed by atoms with Gasteiger partial charge in [0.15, 0.2) is 11.6 Å². The summed E-state index contributed by atoms with van der Waals surface area (Å²) in [5.74, 6) is 0.357. The van der Waals surface area contributed by atoms with Gasteiger partial charge in [0.05, 0.1) is 18.3 Å². The maximum atomic E-state index is 13.6. The molecule has 9 nitrogen and oxygen atoms in total. The molecule has 42 heavy (non-hydrogen) atoms. The van der Waals surface area contributed by atoms with E-state index in [1.165, 1.54) is 25.6 Å². The lowest BCUT2D eigenvalue weighted by Crippen LogP contribution is -2.46. The van der Waals surface area contributed by atoms with Gasteiger partial charge in [-0.2, -0.15) is 4.98 Å². The highest BCUT2D eigenvalue weighted by molar-refractivity contribution is 6.12. The molecule has 5 aromatic rings. The molecule has 0 aliphatic heterocycles. The largest absolute Gasteiger partial charge is 0.493 e. The number of nitrogens with one attached hydrogen (secondary N) is 1. The number of hydrogen-bond donors (Lipinski definition) is 2. The Labute approximate surface area is 240 Å². The van der Waals surface area contributed by atoms with Crippen LogP contribution >= 0.6 is 0 Å². The lowest BCUT2D eigenvalue weighted by molar-refractivity contribution is 0.00933. The molecule has 1 amide bonds. The molecule has 6 rings (SSSR count). The summed E-state index contributed by atoms with van der Waals surface area (Å²) in [6.07, 6.45) is 1.58. The number of furan rings is 1. The predicted molar refractivity (Wildman–Crippen MR) is 152 cm³/mol. The van der Waals surface area contributed by atoms with Crippen molar-refractivity contribution < 1.29 is 32.8 Å². The molecule has 0 atom stereocenters. The van der Waals surface area contributed by atoms with Gasteiger partial charge in [0.1, 0.15) is 22.9 Å². The number of Topliss-reactive ketones (excluding diaryl/α,β-unsaturated/α-hetero) is 1. The molecule has 2 heterocycles. The van der Waals surface area contributed by atoms with Crippen molar-refractivity contribution in [2.75, 3.05) is 13.7 Å². The highest BCUT2D eigenvalue weighted by atomic mass is 19.1. The number of aliphatic hydroxyl groups excluding tert-OH is 1. The molecule has 0 unspecified atom stereocenters. The van der Waals surface area contributed by atoms with Gasteiger partial charge in [-0.05, 0) is 61.7 Å². The highest BCUT2D eigenvalue weighted by Gasteiger charge is 2.49. The summed E-state index contributed by atoms with van der Waals surface area (Å²) in [4.78, 5) is 30.8. The van der Waals surface area contributed by atoms with Crippen LogP contribution in [0.4, 0.5) is 4.39 Å². The van der Waals surface area contributed by atoms with Gasteiger partial charge in [0.25, 0.3) is 5.91 Å². The molecule has 214 valence electrons. The predicted octanol–water partition coefficient (Wildman–Crippen LogP) is 5.71. The van der Waals surface area contributed by atoms with E-state index in [4.69, 9.17) is 13.7 Å². The summed E-state index contributed by atoms with van der Waals surface area (Å²) >= 11 is 0. The number of aliphatic hydroxyl groups is 1. The number of halogens is 1. The summed E-state index contributed by atoms with van der Waals surface area (Å²) in [6.45, 7) is 2.24. The Balaban J connectivity index is 1.43. The molecule has 1 fully saturated rings. The van der Waals surface area contributed by atoms with Gasteiger partial charge in [-0.25, -0.2) is 4.39 Å². The lowest BCUT2D eigenvalue weighted by atomic mass is 9.63. The van der Waals surface area contributed by atoms with Gasteiger partial charge in [-0.15, -0.1) is 0 Å². The first-order chi connectivity index (χ1) is 20.3. The molecular weight excluding hydrogens is 541 g/mol. The zero-order valence-electron chi connectivity index (χ0n) is 23.0. The molecule has 0 spiro atoms. The fourth-order valence-corrected chi connectivity index (χ4v) is 5.70. The lowest BCUT2D eigenvalue weighted by Gasteiger charge is -2.42. The van der Waals surface area contributed by atoms with Crippen molar-refractivity contribution in [3.8, 4) is 28.2 Å². The fraction of sp³-hybridized carbons (Fsp3) is 0.250. The first kappa shape index (κ1) is 27.3. The average Bonchev–Trinajstić information content (AvgIpc) is 3.65. The number of amides is 1. The van der Waals surface area contributed by atoms with E-state index in [0.29, 0.717) is 75.6 Å². The second kappa shape index (κ2) is 10.9. The van der Waals surface area contributed by atoms with E-state index in [9.17, 15) is 19.1 Å². The Morgan fingerprint density at radius 2 is 1.90 bits per heavy atom. The van der Waals surface area contributed by atoms with E-state index >= 15 is 0 Å². The molecule has 2 N–H and O–H groups in total. The zero-order chi connectivity index (χ0) is 29.4. The summed E-state index contributed by atoms with van der Waals surface area (Å²) in [6, 6.07) is 16.4. The quantitative estimate of drug-likeness (QED) is 0.216. The zero-order valence-corrected chi connectivity index (χ0v) is 23.0. The van der Waals surface area contributed by atoms with E-state index in [0.717, 1.165) is 0 Å². The van der Waals surface area contributed by atoms with E-state index in [-0.39, 0.29) is 18.1 Å².